The van der Waals surface area contributed by atoms with Crippen LogP contribution in [0.5, 0.6) is 5.75 Å². The zero-order valence-corrected chi connectivity index (χ0v) is 17.9. The monoisotopic (exact) mass is 413 g/mol. The minimum atomic E-state index is -0.326. The number of benzene rings is 2. The van der Waals surface area contributed by atoms with Crippen molar-refractivity contribution in [2.75, 3.05) is 6.61 Å². The van der Waals surface area contributed by atoms with Crippen LogP contribution in [0.1, 0.15) is 72.9 Å². The minimum absolute atomic E-state index is 0.0212. The zero-order chi connectivity index (χ0) is 21.4. The summed E-state index contributed by atoms with van der Waals surface area (Å²) >= 11 is 0. The van der Waals surface area contributed by atoms with E-state index in [0.717, 1.165) is 65.9 Å². The Kier molecular flexibility index (Phi) is 5.23. The lowest BCUT2D eigenvalue weighted by Crippen LogP contribution is -2.31. The third kappa shape index (κ3) is 3.40. The van der Waals surface area contributed by atoms with E-state index in [9.17, 15) is 9.59 Å². The Balaban J connectivity index is 1.53. The molecular weight excluding hydrogens is 386 g/mol. The van der Waals surface area contributed by atoms with Gasteiger partial charge in [-0.05, 0) is 37.0 Å². The van der Waals surface area contributed by atoms with Gasteiger partial charge in [-0.1, -0.05) is 56.2 Å². The van der Waals surface area contributed by atoms with Crippen LogP contribution >= 0.6 is 0 Å². The van der Waals surface area contributed by atoms with Crippen LogP contribution in [-0.4, -0.2) is 18.2 Å². The molecule has 1 N–H and O–H groups in total. The first-order chi connectivity index (χ1) is 15.2. The van der Waals surface area contributed by atoms with E-state index in [4.69, 9.17) is 4.74 Å². The molecule has 0 saturated heterocycles. The van der Waals surface area contributed by atoms with Gasteiger partial charge in [0.1, 0.15) is 5.75 Å². The van der Waals surface area contributed by atoms with Gasteiger partial charge in [0.15, 0.2) is 11.6 Å². The number of ether oxygens (including phenoxy) is 1. The fourth-order valence-electron chi connectivity index (χ4n) is 4.97. The number of Topliss-reactive ketones (excluding diaryl/α,β-unsaturated/α-hetero) is 2. The standard InChI is InChI=1S/C27H27NO3/c1-2-3-6-16-31-18-14-12-17(13-15-18)23-24-21(10-7-11-22(24)29)28-26-19-8-4-5-9-20(19)27(30)25(23)26/h4-5,8-9,12-15,23,28H,2-3,6-7,10-11,16H2,1H3. The first kappa shape index (κ1) is 19.8. The van der Waals surface area contributed by atoms with Gasteiger partial charge < -0.3 is 10.1 Å². The van der Waals surface area contributed by atoms with Crippen LogP contribution in [-0.2, 0) is 4.79 Å². The number of dihydropyridines is 1. The predicted molar refractivity (Wildman–Crippen MR) is 121 cm³/mol. The summed E-state index contributed by atoms with van der Waals surface area (Å²) in [5, 5.41) is 3.48. The van der Waals surface area contributed by atoms with Crippen molar-refractivity contribution in [2.24, 2.45) is 0 Å². The van der Waals surface area contributed by atoms with Gasteiger partial charge in [-0.3, -0.25) is 9.59 Å². The highest BCUT2D eigenvalue weighted by Gasteiger charge is 2.43. The number of carbonyl (C=O) groups excluding carboxylic acids is 2. The highest BCUT2D eigenvalue weighted by molar-refractivity contribution is 6.23. The van der Waals surface area contributed by atoms with Crippen LogP contribution < -0.4 is 10.1 Å². The first-order valence-electron chi connectivity index (χ1n) is 11.3. The molecule has 0 bridgehead atoms. The summed E-state index contributed by atoms with van der Waals surface area (Å²) in [4.78, 5) is 26.4. The van der Waals surface area contributed by atoms with Gasteiger partial charge in [0.2, 0.25) is 0 Å². The second-order valence-electron chi connectivity index (χ2n) is 8.51. The summed E-state index contributed by atoms with van der Waals surface area (Å²) in [6, 6.07) is 15.7. The Labute approximate surface area is 183 Å². The quantitative estimate of drug-likeness (QED) is 0.630. The van der Waals surface area contributed by atoms with Crippen LogP contribution in [0.4, 0.5) is 0 Å². The molecule has 2 aromatic carbocycles. The van der Waals surface area contributed by atoms with Crippen molar-refractivity contribution in [3.8, 4) is 5.75 Å². The highest BCUT2D eigenvalue weighted by atomic mass is 16.5. The van der Waals surface area contributed by atoms with Gasteiger partial charge in [-0.15, -0.1) is 0 Å². The van der Waals surface area contributed by atoms with E-state index in [-0.39, 0.29) is 17.5 Å². The number of allylic oxidation sites excluding steroid dienone is 3. The first-order valence-corrected chi connectivity index (χ1v) is 11.3. The maximum Gasteiger partial charge on any atom is 0.192 e. The van der Waals surface area contributed by atoms with E-state index in [1.54, 1.807) is 0 Å². The maximum atomic E-state index is 13.4. The summed E-state index contributed by atoms with van der Waals surface area (Å²) in [7, 11) is 0. The Bertz CT molecular complexity index is 1110. The van der Waals surface area contributed by atoms with Crippen molar-refractivity contribution in [2.45, 2.75) is 51.4 Å². The largest absolute Gasteiger partial charge is 0.494 e. The minimum Gasteiger partial charge on any atom is -0.494 e. The number of nitrogens with one attached hydrogen (secondary N) is 1. The molecule has 2 aromatic rings. The number of fused-ring (bicyclic) bond motifs is 2. The average molecular weight is 414 g/mol. The van der Waals surface area contributed by atoms with E-state index in [2.05, 4.69) is 12.2 Å². The van der Waals surface area contributed by atoms with Gasteiger partial charge in [0, 0.05) is 40.3 Å². The van der Waals surface area contributed by atoms with Gasteiger partial charge in [0.05, 0.1) is 12.3 Å². The molecule has 0 radical (unpaired) electrons. The molecule has 1 heterocycles. The molecule has 4 nitrogen and oxygen atoms in total. The second kappa shape index (κ2) is 8.18. The summed E-state index contributed by atoms with van der Waals surface area (Å²) < 4.78 is 5.87. The summed E-state index contributed by atoms with van der Waals surface area (Å²) in [5.74, 6) is 0.670. The molecule has 1 unspecified atom stereocenters. The molecule has 4 heteroatoms. The molecule has 158 valence electrons. The van der Waals surface area contributed by atoms with Crippen LogP contribution in [0.15, 0.2) is 65.4 Å². The lowest BCUT2D eigenvalue weighted by Gasteiger charge is -2.33. The number of rotatable bonds is 6. The smallest absolute Gasteiger partial charge is 0.192 e. The number of hydrogen-bond donors (Lipinski definition) is 1. The van der Waals surface area contributed by atoms with Gasteiger partial charge in [-0.2, -0.15) is 0 Å². The summed E-state index contributed by atoms with van der Waals surface area (Å²) in [5.41, 5.74) is 5.94. The van der Waals surface area contributed by atoms with Crippen molar-refractivity contribution in [1.82, 2.24) is 5.32 Å². The molecule has 1 aliphatic heterocycles. The van der Waals surface area contributed by atoms with E-state index in [0.29, 0.717) is 24.2 Å². The van der Waals surface area contributed by atoms with Crippen LogP contribution in [0.2, 0.25) is 0 Å². The topological polar surface area (TPSA) is 55.4 Å². The fourth-order valence-corrected chi connectivity index (χ4v) is 4.97. The van der Waals surface area contributed by atoms with Crippen molar-refractivity contribution < 1.29 is 14.3 Å². The Hall–Kier alpha value is -3.14. The molecule has 0 saturated carbocycles. The molecule has 2 aliphatic carbocycles. The summed E-state index contributed by atoms with van der Waals surface area (Å²) in [6.45, 7) is 2.88. The van der Waals surface area contributed by atoms with E-state index in [1.165, 1.54) is 0 Å². The number of unbranched alkanes of at least 4 members (excludes halogenated alkanes) is 2. The molecule has 0 spiro atoms. The van der Waals surface area contributed by atoms with Crippen LogP contribution in [0.3, 0.4) is 0 Å². The summed E-state index contributed by atoms with van der Waals surface area (Å²) in [6.07, 6.45) is 5.59. The fraction of sp³-hybridized carbons (Fsp3) is 0.333. The lowest BCUT2D eigenvalue weighted by molar-refractivity contribution is -0.116. The number of ketones is 2. The number of hydrogen-bond acceptors (Lipinski definition) is 4. The van der Waals surface area contributed by atoms with E-state index in [1.807, 2.05) is 48.5 Å². The Morgan fingerprint density at radius 1 is 0.935 bits per heavy atom. The number of carbonyl (C=O) groups is 2. The van der Waals surface area contributed by atoms with Gasteiger partial charge in [-0.25, -0.2) is 0 Å². The van der Waals surface area contributed by atoms with Crippen molar-refractivity contribution in [3.05, 3.63) is 82.1 Å². The van der Waals surface area contributed by atoms with Crippen LogP contribution in [0.25, 0.3) is 5.70 Å². The second-order valence-corrected chi connectivity index (χ2v) is 8.51. The lowest BCUT2D eigenvalue weighted by atomic mass is 9.75. The maximum absolute atomic E-state index is 13.4. The molecular formula is C27H27NO3. The molecule has 31 heavy (non-hydrogen) atoms. The van der Waals surface area contributed by atoms with Crippen LogP contribution in [0, 0.1) is 0 Å². The molecule has 1 atom stereocenters. The predicted octanol–water partition coefficient (Wildman–Crippen LogP) is 5.56. The van der Waals surface area contributed by atoms with E-state index >= 15 is 0 Å². The van der Waals surface area contributed by atoms with Gasteiger partial charge >= 0.3 is 0 Å². The zero-order valence-electron chi connectivity index (χ0n) is 17.9. The molecule has 3 aliphatic rings. The normalized spacial score (nSPS) is 19.7. The average Bonchev–Trinajstić information content (AvgIpc) is 3.08. The molecule has 0 amide bonds. The third-order valence-corrected chi connectivity index (χ3v) is 6.49. The van der Waals surface area contributed by atoms with Crippen molar-refractivity contribution >= 4 is 17.3 Å². The highest BCUT2D eigenvalue weighted by Crippen LogP contribution is 2.48. The van der Waals surface area contributed by atoms with Crippen molar-refractivity contribution in [3.63, 3.8) is 0 Å². The SMILES string of the molecule is CCCCCOc1ccc(C2C3=C(CCCC3=O)NC3=C2C(=O)c2ccccc23)cc1. The molecule has 0 fully saturated rings. The van der Waals surface area contributed by atoms with E-state index < -0.39 is 0 Å². The Morgan fingerprint density at radius 2 is 1.71 bits per heavy atom. The third-order valence-electron chi connectivity index (χ3n) is 6.49. The molecule has 0 aromatic heterocycles. The molecule has 5 rings (SSSR count). The van der Waals surface area contributed by atoms with Gasteiger partial charge in [0.25, 0.3) is 0 Å². The Morgan fingerprint density at radius 3 is 2.48 bits per heavy atom. The van der Waals surface area contributed by atoms with Crippen molar-refractivity contribution in [1.29, 1.82) is 0 Å².